The SMILES string of the molecule is CCCC(C)CC(OC(C)c1cc(CC)cc(CC)c1C)C(C)(C)C. The van der Waals surface area contributed by atoms with E-state index < -0.39 is 0 Å². The standard InChI is InChI=1S/C24H42O/c1-10-13-17(4)14-23(24(7,8)9)25-19(6)22-16-20(11-2)15-21(12-3)18(22)5/h15-17,19,23H,10-14H2,1-9H3. The maximum atomic E-state index is 6.70. The van der Waals surface area contributed by atoms with Crippen molar-refractivity contribution in [1.29, 1.82) is 0 Å². The predicted molar refractivity (Wildman–Crippen MR) is 111 cm³/mol. The molecule has 0 fully saturated rings. The zero-order valence-electron chi connectivity index (χ0n) is 18.3. The minimum atomic E-state index is 0.148. The van der Waals surface area contributed by atoms with E-state index in [0.29, 0.717) is 6.10 Å². The van der Waals surface area contributed by atoms with Gasteiger partial charge in [0.15, 0.2) is 0 Å². The first kappa shape index (κ1) is 22.2. The highest BCUT2D eigenvalue weighted by atomic mass is 16.5. The fourth-order valence-corrected chi connectivity index (χ4v) is 3.77. The molecule has 0 radical (unpaired) electrons. The smallest absolute Gasteiger partial charge is 0.0803 e. The molecule has 0 aliphatic carbocycles. The van der Waals surface area contributed by atoms with Crippen LogP contribution in [-0.2, 0) is 17.6 Å². The fourth-order valence-electron chi connectivity index (χ4n) is 3.77. The lowest BCUT2D eigenvalue weighted by molar-refractivity contribution is -0.0720. The van der Waals surface area contributed by atoms with Crippen molar-refractivity contribution in [2.75, 3.05) is 0 Å². The summed E-state index contributed by atoms with van der Waals surface area (Å²) in [5.74, 6) is 0.718. The van der Waals surface area contributed by atoms with Gasteiger partial charge in [-0.05, 0) is 66.7 Å². The van der Waals surface area contributed by atoms with Crippen LogP contribution < -0.4 is 0 Å². The molecule has 3 atom stereocenters. The lowest BCUT2D eigenvalue weighted by Crippen LogP contribution is -2.32. The molecule has 0 aliphatic heterocycles. The predicted octanol–water partition coefficient (Wildman–Crippen LogP) is 7.44. The second kappa shape index (κ2) is 9.76. The largest absolute Gasteiger partial charge is 0.370 e. The molecule has 0 saturated carbocycles. The second-order valence-electron chi connectivity index (χ2n) is 8.94. The van der Waals surface area contributed by atoms with Crippen LogP contribution in [0.1, 0.15) is 103 Å². The van der Waals surface area contributed by atoms with Gasteiger partial charge in [-0.3, -0.25) is 0 Å². The second-order valence-corrected chi connectivity index (χ2v) is 8.94. The van der Waals surface area contributed by atoms with Gasteiger partial charge < -0.3 is 4.74 Å². The van der Waals surface area contributed by atoms with E-state index in [4.69, 9.17) is 4.74 Å². The van der Waals surface area contributed by atoms with Crippen LogP contribution in [0.15, 0.2) is 12.1 Å². The van der Waals surface area contributed by atoms with Crippen molar-refractivity contribution in [2.45, 2.75) is 107 Å². The van der Waals surface area contributed by atoms with Crippen LogP contribution in [0.3, 0.4) is 0 Å². The molecular weight excluding hydrogens is 304 g/mol. The summed E-state index contributed by atoms with van der Waals surface area (Å²) in [5, 5.41) is 0. The topological polar surface area (TPSA) is 9.23 Å². The molecule has 0 heterocycles. The minimum Gasteiger partial charge on any atom is -0.370 e. The molecular formula is C24H42O. The lowest BCUT2D eigenvalue weighted by Gasteiger charge is -2.35. The molecule has 0 spiro atoms. The molecule has 0 amide bonds. The maximum absolute atomic E-state index is 6.70. The molecule has 1 rings (SSSR count). The van der Waals surface area contributed by atoms with Crippen LogP contribution in [0.4, 0.5) is 0 Å². The summed E-state index contributed by atoms with van der Waals surface area (Å²) >= 11 is 0. The summed E-state index contributed by atoms with van der Waals surface area (Å²) in [6.07, 6.45) is 6.31. The van der Waals surface area contributed by atoms with Crippen LogP contribution in [0.25, 0.3) is 0 Å². The summed E-state index contributed by atoms with van der Waals surface area (Å²) in [6, 6.07) is 4.74. The first-order valence-electron chi connectivity index (χ1n) is 10.4. The molecule has 0 aromatic heterocycles. The van der Waals surface area contributed by atoms with Gasteiger partial charge in [0.25, 0.3) is 0 Å². The summed E-state index contributed by atoms with van der Waals surface area (Å²) in [5.41, 5.74) is 5.87. The van der Waals surface area contributed by atoms with E-state index in [1.54, 1.807) is 0 Å². The third-order valence-electron chi connectivity index (χ3n) is 5.57. The fraction of sp³-hybridized carbons (Fsp3) is 0.750. The van der Waals surface area contributed by atoms with Gasteiger partial charge in [0.1, 0.15) is 0 Å². The summed E-state index contributed by atoms with van der Waals surface area (Å²) in [6.45, 7) is 20.6. The van der Waals surface area contributed by atoms with E-state index >= 15 is 0 Å². The molecule has 0 aliphatic rings. The van der Waals surface area contributed by atoms with Crippen molar-refractivity contribution in [3.05, 3.63) is 34.4 Å². The van der Waals surface area contributed by atoms with Gasteiger partial charge in [-0.25, -0.2) is 0 Å². The zero-order valence-corrected chi connectivity index (χ0v) is 18.3. The van der Waals surface area contributed by atoms with Crippen molar-refractivity contribution in [1.82, 2.24) is 0 Å². The van der Waals surface area contributed by atoms with Crippen molar-refractivity contribution >= 4 is 0 Å². The van der Waals surface area contributed by atoms with Crippen LogP contribution in [0.2, 0.25) is 0 Å². The molecule has 1 nitrogen and oxygen atoms in total. The van der Waals surface area contributed by atoms with Crippen LogP contribution in [0.5, 0.6) is 0 Å². The van der Waals surface area contributed by atoms with Gasteiger partial charge in [-0.15, -0.1) is 0 Å². The molecule has 0 N–H and O–H groups in total. The van der Waals surface area contributed by atoms with E-state index in [-0.39, 0.29) is 11.5 Å². The molecule has 1 aromatic carbocycles. The van der Waals surface area contributed by atoms with Gasteiger partial charge in [-0.1, -0.05) is 73.4 Å². The van der Waals surface area contributed by atoms with E-state index in [9.17, 15) is 0 Å². The number of hydrogen-bond acceptors (Lipinski definition) is 1. The number of rotatable bonds is 9. The third kappa shape index (κ3) is 6.44. The number of aryl methyl sites for hydroxylation is 2. The molecule has 144 valence electrons. The highest BCUT2D eigenvalue weighted by Gasteiger charge is 2.29. The minimum absolute atomic E-state index is 0.148. The highest BCUT2D eigenvalue weighted by molar-refractivity contribution is 5.39. The normalized spacial score (nSPS) is 15.9. The number of benzene rings is 1. The maximum Gasteiger partial charge on any atom is 0.0803 e. The quantitative estimate of drug-likeness (QED) is 0.451. The Bertz CT molecular complexity index is 524. The molecule has 3 unspecified atom stereocenters. The Morgan fingerprint density at radius 2 is 1.64 bits per heavy atom. The highest BCUT2D eigenvalue weighted by Crippen LogP contribution is 2.35. The Kier molecular flexibility index (Phi) is 8.68. The van der Waals surface area contributed by atoms with E-state index in [0.717, 1.165) is 25.2 Å². The Labute approximate surface area is 157 Å². The van der Waals surface area contributed by atoms with E-state index in [1.165, 1.54) is 35.1 Å². The third-order valence-corrected chi connectivity index (χ3v) is 5.57. The average molecular weight is 347 g/mol. The Balaban J connectivity index is 3.05. The molecule has 1 aromatic rings. The van der Waals surface area contributed by atoms with Crippen molar-refractivity contribution < 1.29 is 4.74 Å². The van der Waals surface area contributed by atoms with Crippen LogP contribution in [-0.4, -0.2) is 6.10 Å². The first-order valence-corrected chi connectivity index (χ1v) is 10.4. The Morgan fingerprint density at radius 1 is 1.00 bits per heavy atom. The van der Waals surface area contributed by atoms with Gasteiger partial charge >= 0.3 is 0 Å². The summed E-state index contributed by atoms with van der Waals surface area (Å²) in [4.78, 5) is 0. The first-order chi connectivity index (χ1) is 11.6. The molecule has 0 bridgehead atoms. The van der Waals surface area contributed by atoms with Crippen molar-refractivity contribution in [3.8, 4) is 0 Å². The Hall–Kier alpha value is -0.820. The summed E-state index contributed by atoms with van der Waals surface area (Å²) < 4.78 is 6.70. The van der Waals surface area contributed by atoms with Crippen LogP contribution in [0, 0.1) is 18.3 Å². The van der Waals surface area contributed by atoms with Crippen molar-refractivity contribution in [3.63, 3.8) is 0 Å². The van der Waals surface area contributed by atoms with Crippen molar-refractivity contribution in [2.24, 2.45) is 11.3 Å². The Morgan fingerprint density at radius 3 is 2.12 bits per heavy atom. The van der Waals surface area contributed by atoms with E-state index in [1.807, 2.05) is 0 Å². The molecule has 0 saturated heterocycles. The monoisotopic (exact) mass is 346 g/mol. The molecule has 1 heteroatoms. The summed E-state index contributed by atoms with van der Waals surface area (Å²) in [7, 11) is 0. The number of hydrogen-bond donors (Lipinski definition) is 0. The van der Waals surface area contributed by atoms with Gasteiger partial charge in [0.2, 0.25) is 0 Å². The number of ether oxygens (including phenoxy) is 1. The zero-order chi connectivity index (χ0) is 19.2. The van der Waals surface area contributed by atoms with Gasteiger partial charge in [0.05, 0.1) is 12.2 Å². The van der Waals surface area contributed by atoms with Gasteiger partial charge in [-0.2, -0.15) is 0 Å². The average Bonchev–Trinajstić information content (AvgIpc) is 2.53. The van der Waals surface area contributed by atoms with Crippen LogP contribution >= 0.6 is 0 Å². The molecule has 25 heavy (non-hydrogen) atoms. The lowest BCUT2D eigenvalue weighted by atomic mass is 9.82. The van der Waals surface area contributed by atoms with E-state index in [2.05, 4.69) is 74.4 Å². The van der Waals surface area contributed by atoms with Gasteiger partial charge in [0, 0.05) is 0 Å².